The van der Waals surface area contributed by atoms with Gasteiger partial charge < -0.3 is 5.32 Å². The Kier molecular flexibility index (Phi) is 5.78. The molecule has 0 atom stereocenters. The molecule has 2 aromatic heterocycles. The van der Waals surface area contributed by atoms with E-state index in [9.17, 15) is 4.79 Å². The molecule has 3 aromatic rings. The summed E-state index contributed by atoms with van der Waals surface area (Å²) in [5.74, 6) is 0.726. The number of piperidine rings is 1. The third kappa shape index (κ3) is 4.45. The number of hydrogen-bond acceptors (Lipinski definition) is 6. The molecule has 0 aliphatic carbocycles. The Balaban J connectivity index is 1.36. The van der Waals surface area contributed by atoms with Gasteiger partial charge in [0.15, 0.2) is 0 Å². The van der Waals surface area contributed by atoms with Crippen LogP contribution in [-0.2, 0) is 13.1 Å². The lowest BCUT2D eigenvalue weighted by Crippen LogP contribution is -2.32. The normalized spacial score (nSPS) is 15.6. The summed E-state index contributed by atoms with van der Waals surface area (Å²) in [5.41, 5.74) is 3.10. The van der Waals surface area contributed by atoms with Crippen molar-refractivity contribution in [2.75, 3.05) is 13.1 Å². The van der Waals surface area contributed by atoms with Gasteiger partial charge in [0.2, 0.25) is 0 Å². The molecular formula is C20H24N6OS. The lowest BCUT2D eigenvalue weighted by Gasteiger charge is -2.30. The summed E-state index contributed by atoms with van der Waals surface area (Å²) in [6.07, 6.45) is 4.05. The molecule has 8 heteroatoms. The SMILES string of the molecule is CC1CCN(Cc2cccc(CNC(=O)c3sccc3-n3cnnn3)c2)CC1. The van der Waals surface area contributed by atoms with Gasteiger partial charge in [-0.05, 0) is 64.8 Å². The molecule has 146 valence electrons. The summed E-state index contributed by atoms with van der Waals surface area (Å²) in [4.78, 5) is 15.8. The van der Waals surface area contributed by atoms with Crippen molar-refractivity contribution >= 4 is 17.2 Å². The van der Waals surface area contributed by atoms with E-state index >= 15 is 0 Å². The van der Waals surface area contributed by atoms with Gasteiger partial charge in [-0.1, -0.05) is 31.2 Å². The fourth-order valence-corrected chi connectivity index (χ4v) is 4.30. The average molecular weight is 397 g/mol. The zero-order valence-corrected chi connectivity index (χ0v) is 16.7. The summed E-state index contributed by atoms with van der Waals surface area (Å²) >= 11 is 1.38. The van der Waals surface area contributed by atoms with Crippen LogP contribution in [0.1, 0.15) is 40.6 Å². The first-order chi connectivity index (χ1) is 13.7. The number of thiophene rings is 1. The highest BCUT2D eigenvalue weighted by Gasteiger charge is 2.17. The van der Waals surface area contributed by atoms with Crippen molar-refractivity contribution in [1.82, 2.24) is 30.4 Å². The number of amides is 1. The fraction of sp³-hybridized carbons (Fsp3) is 0.400. The number of tetrazole rings is 1. The molecule has 7 nitrogen and oxygen atoms in total. The van der Waals surface area contributed by atoms with Gasteiger partial charge in [-0.3, -0.25) is 9.69 Å². The van der Waals surface area contributed by atoms with E-state index in [1.807, 2.05) is 11.4 Å². The van der Waals surface area contributed by atoms with Gasteiger partial charge in [0, 0.05) is 13.1 Å². The van der Waals surface area contributed by atoms with Crippen molar-refractivity contribution in [1.29, 1.82) is 0 Å². The van der Waals surface area contributed by atoms with Gasteiger partial charge in [-0.2, -0.15) is 4.68 Å². The number of nitrogens with one attached hydrogen (secondary N) is 1. The van der Waals surface area contributed by atoms with E-state index in [1.54, 1.807) is 0 Å². The summed E-state index contributed by atoms with van der Waals surface area (Å²) in [6.45, 7) is 6.14. The van der Waals surface area contributed by atoms with Crippen LogP contribution in [-0.4, -0.2) is 44.1 Å². The number of carbonyl (C=O) groups excluding carboxylic acids is 1. The second-order valence-corrected chi connectivity index (χ2v) is 8.27. The average Bonchev–Trinajstić information content (AvgIpc) is 3.39. The van der Waals surface area contributed by atoms with Crippen LogP contribution < -0.4 is 5.32 Å². The molecule has 1 saturated heterocycles. The highest BCUT2D eigenvalue weighted by molar-refractivity contribution is 7.12. The van der Waals surface area contributed by atoms with Gasteiger partial charge in [0.25, 0.3) is 5.91 Å². The van der Waals surface area contributed by atoms with Gasteiger partial charge in [0.05, 0.1) is 5.69 Å². The van der Waals surface area contributed by atoms with Crippen LogP contribution >= 0.6 is 11.3 Å². The Bertz CT molecular complexity index is 914. The number of nitrogens with zero attached hydrogens (tertiary/aromatic N) is 5. The standard InChI is InChI=1S/C20H24N6OS/c1-15-5-8-25(9-6-15)13-17-4-2-3-16(11-17)12-21-20(27)19-18(7-10-28-19)26-14-22-23-24-26/h2-4,7,10-11,14-15H,5-6,8-9,12-13H2,1H3,(H,21,27). The zero-order valence-electron chi connectivity index (χ0n) is 15.9. The summed E-state index contributed by atoms with van der Waals surface area (Å²) in [5, 5.41) is 16.0. The molecule has 1 amide bonds. The summed E-state index contributed by atoms with van der Waals surface area (Å²) in [7, 11) is 0. The van der Waals surface area contributed by atoms with E-state index in [0.717, 1.165) is 18.0 Å². The maximum absolute atomic E-state index is 12.6. The number of hydrogen-bond donors (Lipinski definition) is 1. The number of likely N-dealkylation sites (tertiary alicyclic amines) is 1. The molecule has 3 heterocycles. The Labute approximate surface area is 168 Å². The lowest BCUT2D eigenvalue weighted by molar-refractivity contribution is 0.0955. The first-order valence-electron chi connectivity index (χ1n) is 9.58. The number of aromatic nitrogens is 4. The van der Waals surface area contributed by atoms with Crippen LogP contribution in [0.25, 0.3) is 5.69 Å². The van der Waals surface area contributed by atoms with Gasteiger partial charge in [0.1, 0.15) is 11.2 Å². The zero-order chi connectivity index (χ0) is 19.3. The number of rotatable bonds is 6. The highest BCUT2D eigenvalue weighted by atomic mass is 32.1. The third-order valence-electron chi connectivity index (χ3n) is 5.17. The fourth-order valence-electron chi connectivity index (χ4n) is 3.50. The highest BCUT2D eigenvalue weighted by Crippen LogP contribution is 2.21. The molecule has 0 unspecified atom stereocenters. The topological polar surface area (TPSA) is 75.9 Å². The largest absolute Gasteiger partial charge is 0.347 e. The van der Waals surface area contributed by atoms with Gasteiger partial charge in [-0.25, -0.2) is 0 Å². The van der Waals surface area contributed by atoms with E-state index in [1.165, 1.54) is 53.8 Å². The van der Waals surface area contributed by atoms with Crippen LogP contribution in [0.4, 0.5) is 0 Å². The minimum atomic E-state index is -0.115. The summed E-state index contributed by atoms with van der Waals surface area (Å²) < 4.78 is 1.51. The molecule has 0 saturated carbocycles. The van der Waals surface area contributed by atoms with Crippen LogP contribution in [0.5, 0.6) is 0 Å². The quantitative estimate of drug-likeness (QED) is 0.693. The Morgan fingerprint density at radius 2 is 2.07 bits per heavy atom. The molecule has 0 bridgehead atoms. The molecule has 4 rings (SSSR count). The van der Waals surface area contributed by atoms with Crippen molar-refractivity contribution in [3.05, 3.63) is 58.0 Å². The van der Waals surface area contributed by atoms with Crippen LogP contribution in [0.15, 0.2) is 42.0 Å². The Hall–Kier alpha value is -2.58. The van der Waals surface area contributed by atoms with E-state index in [2.05, 4.69) is 56.9 Å². The molecule has 0 radical (unpaired) electrons. The maximum Gasteiger partial charge on any atom is 0.263 e. The van der Waals surface area contributed by atoms with Crippen molar-refractivity contribution in [2.24, 2.45) is 5.92 Å². The number of benzene rings is 1. The number of carbonyl (C=O) groups is 1. The van der Waals surface area contributed by atoms with Crippen molar-refractivity contribution in [2.45, 2.75) is 32.9 Å². The molecule has 1 fully saturated rings. The molecular weight excluding hydrogens is 372 g/mol. The van der Waals surface area contributed by atoms with Crippen LogP contribution in [0.2, 0.25) is 0 Å². The van der Waals surface area contributed by atoms with Gasteiger partial charge >= 0.3 is 0 Å². The summed E-state index contributed by atoms with van der Waals surface area (Å²) in [6, 6.07) is 10.3. The minimum Gasteiger partial charge on any atom is -0.347 e. The first-order valence-corrected chi connectivity index (χ1v) is 10.5. The maximum atomic E-state index is 12.6. The van der Waals surface area contributed by atoms with Crippen LogP contribution in [0.3, 0.4) is 0 Å². The molecule has 0 spiro atoms. The second kappa shape index (κ2) is 8.62. The van der Waals surface area contributed by atoms with E-state index in [-0.39, 0.29) is 5.91 Å². The Morgan fingerprint density at radius 3 is 2.86 bits per heavy atom. The first kappa shape index (κ1) is 18.8. The third-order valence-corrected chi connectivity index (χ3v) is 6.08. The predicted octanol–water partition coefficient (Wildman–Crippen LogP) is 2.89. The van der Waals surface area contributed by atoms with Crippen LogP contribution in [0, 0.1) is 5.92 Å². The molecule has 1 aliphatic rings. The molecule has 28 heavy (non-hydrogen) atoms. The second-order valence-electron chi connectivity index (χ2n) is 7.35. The minimum absolute atomic E-state index is 0.115. The molecule has 1 aliphatic heterocycles. The lowest BCUT2D eigenvalue weighted by atomic mass is 9.98. The molecule has 1 aromatic carbocycles. The molecule has 1 N–H and O–H groups in total. The van der Waals surface area contributed by atoms with E-state index in [0.29, 0.717) is 17.1 Å². The van der Waals surface area contributed by atoms with Crippen molar-refractivity contribution < 1.29 is 4.79 Å². The smallest absolute Gasteiger partial charge is 0.263 e. The predicted molar refractivity (Wildman–Crippen MR) is 108 cm³/mol. The van der Waals surface area contributed by atoms with Gasteiger partial charge in [-0.15, -0.1) is 16.4 Å². The monoisotopic (exact) mass is 396 g/mol. The Morgan fingerprint density at radius 1 is 1.25 bits per heavy atom. The van der Waals surface area contributed by atoms with E-state index < -0.39 is 0 Å². The van der Waals surface area contributed by atoms with Crippen molar-refractivity contribution in [3.63, 3.8) is 0 Å². The van der Waals surface area contributed by atoms with Crippen molar-refractivity contribution in [3.8, 4) is 5.69 Å². The van der Waals surface area contributed by atoms with E-state index in [4.69, 9.17) is 0 Å².